The molecule has 0 aromatic carbocycles. The third-order valence-electron chi connectivity index (χ3n) is 2.89. The second kappa shape index (κ2) is 4.46. The van der Waals surface area contributed by atoms with Gasteiger partial charge in [0, 0.05) is 0 Å². The molecule has 0 spiro atoms. The van der Waals surface area contributed by atoms with Crippen LogP contribution >= 0.6 is 28.6 Å². The molecule has 0 aliphatic carbocycles. The van der Waals surface area contributed by atoms with E-state index in [9.17, 15) is 0 Å². The fourth-order valence-electron chi connectivity index (χ4n) is 2.91. The molecule has 86 valence electrons. The van der Waals surface area contributed by atoms with Crippen molar-refractivity contribution in [1.29, 1.82) is 0 Å². The fraction of sp³-hybridized carbons (Fsp3) is 1.00. The van der Waals surface area contributed by atoms with Gasteiger partial charge in [0.15, 0.2) is 0 Å². The predicted octanol–water partition coefficient (Wildman–Crippen LogP) is 5.01. The second-order valence-corrected chi connectivity index (χ2v) is 49.1. The maximum absolute atomic E-state index is 4.22. The van der Waals surface area contributed by atoms with Crippen molar-refractivity contribution in [3.05, 3.63) is 0 Å². The number of rotatable bonds is 3. The van der Waals surface area contributed by atoms with Crippen LogP contribution in [-0.2, 0) is 0 Å². The van der Waals surface area contributed by atoms with E-state index in [1.54, 1.807) is 0 Å². The Bertz CT molecular complexity index is 174. The monoisotopic (exact) mass is 466 g/mol. The predicted molar refractivity (Wildman–Crippen MR) is 84.8 cm³/mol. The Morgan fingerprint density at radius 2 is 1.07 bits per heavy atom. The van der Waals surface area contributed by atoms with Crippen LogP contribution in [0.4, 0.5) is 0 Å². The second-order valence-electron chi connectivity index (χ2n) is 6.63. The van der Waals surface area contributed by atoms with E-state index in [0.717, 1.165) is 0 Å². The molecule has 5 heteroatoms. The normalized spacial score (nSPS) is 15.9. The molecule has 0 saturated carbocycles. The van der Waals surface area contributed by atoms with Crippen molar-refractivity contribution < 1.29 is 0 Å². The Balaban J connectivity index is 5.54. The van der Waals surface area contributed by atoms with Crippen LogP contribution in [0.15, 0.2) is 0 Å². The molecule has 0 aromatic heterocycles. The van der Waals surface area contributed by atoms with Crippen molar-refractivity contribution in [2.75, 3.05) is 0 Å². The van der Waals surface area contributed by atoms with Crippen LogP contribution in [0.25, 0.3) is 0 Å². The molecule has 0 unspecified atom stereocenters. The summed E-state index contributed by atoms with van der Waals surface area (Å²) in [7, 11) is -2.31. The molecule has 0 saturated heterocycles. The van der Waals surface area contributed by atoms with Crippen molar-refractivity contribution in [3.63, 3.8) is 0 Å². The zero-order valence-electron chi connectivity index (χ0n) is 10.8. The first-order valence-electron chi connectivity index (χ1n) is 5.13. The summed E-state index contributed by atoms with van der Waals surface area (Å²) < 4.78 is 0.529. The van der Waals surface area contributed by atoms with Gasteiger partial charge in [-0.25, -0.2) is 0 Å². The Morgan fingerprint density at radius 1 is 0.857 bits per heavy atom. The number of alkyl halides is 1. The third kappa shape index (κ3) is 2.90. The van der Waals surface area contributed by atoms with Gasteiger partial charge in [0.2, 0.25) is 0 Å². The van der Waals surface area contributed by atoms with Gasteiger partial charge in [0.25, 0.3) is 0 Å². The van der Waals surface area contributed by atoms with Gasteiger partial charge in [0.05, 0.1) is 0 Å². The molecule has 14 heavy (non-hydrogen) atoms. The summed E-state index contributed by atoms with van der Waals surface area (Å²) in [4.78, 5) is 5.03. The summed E-state index contributed by atoms with van der Waals surface area (Å²) >= 11 is 6.22. The number of hydrogen-bond donors (Lipinski definition) is 0. The summed E-state index contributed by atoms with van der Waals surface area (Å²) in [5, 5.41) is 0. The van der Waals surface area contributed by atoms with E-state index < -0.39 is 32.3 Å². The van der Waals surface area contributed by atoms with E-state index >= 15 is 0 Å². The average Bonchev–Trinajstić information content (AvgIpc) is 1.77. The Morgan fingerprint density at radius 3 is 1.07 bits per heavy atom. The Hall–Kier alpha value is 2.19. The molecule has 0 N–H and O–H groups in total. The van der Waals surface area contributed by atoms with Crippen LogP contribution in [-0.4, -0.2) is 33.9 Å². The van der Waals surface area contributed by atoms with Gasteiger partial charge in [0.1, 0.15) is 0 Å². The third-order valence-corrected chi connectivity index (χ3v) is 63.7. The summed E-state index contributed by atoms with van der Waals surface area (Å²) in [5.74, 6) is 0. The molecule has 0 aliphatic rings. The Kier molecular flexibility index (Phi) is 5.16. The molecule has 0 fully saturated rings. The van der Waals surface area contributed by atoms with E-state index in [1.807, 2.05) is 0 Å². The van der Waals surface area contributed by atoms with Gasteiger partial charge < -0.3 is 0 Å². The molecule has 0 nitrogen and oxygen atoms in total. The van der Waals surface area contributed by atoms with Crippen molar-refractivity contribution in [2.24, 2.45) is 0 Å². The van der Waals surface area contributed by atoms with Crippen LogP contribution < -0.4 is 0 Å². The van der Waals surface area contributed by atoms with Gasteiger partial charge in [-0.05, 0) is 0 Å². The molecule has 0 amide bonds. The molecule has 0 bridgehead atoms. The molecule has 0 radical (unpaired) electrons. The van der Waals surface area contributed by atoms with E-state index in [-0.39, 0.29) is 0 Å². The molecular formula is C9H24Br2Si2Sn. The van der Waals surface area contributed by atoms with Gasteiger partial charge in [-0.2, -0.15) is 0 Å². The quantitative estimate of drug-likeness (QED) is 0.405. The fourth-order valence-corrected chi connectivity index (χ4v) is 70.0. The van der Waals surface area contributed by atoms with Crippen LogP contribution in [0, 0.1) is 0 Å². The molecule has 0 atom stereocenters. The summed E-state index contributed by atoms with van der Waals surface area (Å²) in [6, 6.07) is 0. The summed E-state index contributed by atoms with van der Waals surface area (Å²) in [6.07, 6.45) is 0. The van der Waals surface area contributed by atoms with Crippen LogP contribution in [0.5, 0.6) is 0 Å². The van der Waals surface area contributed by atoms with Gasteiger partial charge in [-0.1, -0.05) is 0 Å². The summed E-state index contributed by atoms with van der Waals surface area (Å²) in [5.41, 5.74) is 0. The van der Waals surface area contributed by atoms with Crippen LogP contribution in [0.1, 0.15) is 0 Å². The van der Waals surface area contributed by atoms with Crippen molar-refractivity contribution in [1.82, 2.24) is 0 Å². The van der Waals surface area contributed by atoms with Gasteiger partial charge >= 0.3 is 112 Å². The zero-order chi connectivity index (χ0) is 12.0. The SMILES string of the molecule is C[Si](C)(C)[C](Br)([Si](C)(C)C)[Sn]([CH3])([CH3])[Br]. The van der Waals surface area contributed by atoms with Crippen molar-refractivity contribution in [2.45, 2.75) is 50.7 Å². The van der Waals surface area contributed by atoms with E-state index in [4.69, 9.17) is 0 Å². The number of hydrogen-bond acceptors (Lipinski definition) is 0. The average molecular weight is 467 g/mol. The minimum atomic E-state index is -2.10. The number of halogens is 2. The molecule has 0 rings (SSSR count). The van der Waals surface area contributed by atoms with Crippen molar-refractivity contribution in [3.8, 4) is 0 Å². The molecule has 0 heterocycles. The van der Waals surface area contributed by atoms with Gasteiger partial charge in [-0.3, -0.25) is 0 Å². The van der Waals surface area contributed by atoms with Crippen LogP contribution in [0.3, 0.4) is 0 Å². The first-order chi connectivity index (χ1) is 5.75. The van der Waals surface area contributed by atoms with Crippen LogP contribution in [0.2, 0.25) is 49.2 Å². The maximum atomic E-state index is 4.22. The topological polar surface area (TPSA) is 0 Å². The Labute approximate surface area is 110 Å². The zero-order valence-corrected chi connectivity index (χ0v) is 18.8. The summed E-state index contributed by atoms with van der Waals surface area (Å²) in [6.45, 7) is 15.1. The molecule has 0 aromatic rings. The molecular weight excluding hydrogens is 443 g/mol. The van der Waals surface area contributed by atoms with E-state index in [1.165, 1.54) is 0 Å². The first-order valence-corrected chi connectivity index (χ1v) is 26.5. The molecule has 0 aliphatic heterocycles. The van der Waals surface area contributed by atoms with Gasteiger partial charge in [-0.15, -0.1) is 0 Å². The van der Waals surface area contributed by atoms with E-state index in [0.29, 0.717) is 1.59 Å². The standard InChI is InChI=1S/C7H18BrSi2.2CH3.BrH.Sn/c1-9(2,3)7(8)10(4,5)6;;;;/h1-6H3;2*1H3;1H;/q;;;;+1/p-1. The van der Waals surface area contributed by atoms with Crippen molar-refractivity contribution >= 4 is 60.9 Å². The van der Waals surface area contributed by atoms with E-state index in [2.05, 4.69) is 77.8 Å². The first kappa shape index (κ1) is 16.2. The minimum absolute atomic E-state index is 0.529.